The smallest absolute Gasteiger partial charge is 0.303 e. The summed E-state index contributed by atoms with van der Waals surface area (Å²) in [5.41, 5.74) is 1.55. The summed E-state index contributed by atoms with van der Waals surface area (Å²) in [4.78, 5) is 27.2. The third-order valence-electron chi connectivity index (χ3n) is 10.3. The number of fused-ring (bicyclic) bond motifs is 1. The van der Waals surface area contributed by atoms with Crippen molar-refractivity contribution < 1.29 is 37.0 Å². The zero-order valence-corrected chi connectivity index (χ0v) is 30.5. The van der Waals surface area contributed by atoms with E-state index in [0.29, 0.717) is 38.9 Å². The number of piperidine rings is 2. The number of rotatable bonds is 12. The van der Waals surface area contributed by atoms with E-state index in [1.165, 1.54) is 6.92 Å². The van der Waals surface area contributed by atoms with E-state index in [1.807, 2.05) is 24.3 Å². The van der Waals surface area contributed by atoms with Crippen LogP contribution in [-0.2, 0) is 22.6 Å². The van der Waals surface area contributed by atoms with Crippen LogP contribution in [0.25, 0.3) is 21.9 Å². The molecule has 11 heteroatoms. The quantitative estimate of drug-likeness (QED) is 0.185. The van der Waals surface area contributed by atoms with E-state index in [1.54, 1.807) is 25.9 Å². The van der Waals surface area contributed by atoms with Gasteiger partial charge in [-0.3, -0.25) is 14.5 Å². The standard InChI is InChI=1S/C27H30FNO3.C13H23F3N2O/c1-27(28)13-15-29(16-14-27)18-19-9-11-24(25(17-19)32-2)23-8-4-6-21-20(10-12-26(30)31)5-3-7-22(21)23;1-4-17-11(19)13(12(3,15)16)5-7-18(8-6-13)9-10(2)14/h3-9,11,17H,10,12-16,18H2,1-2H3,(H,30,31);10H,4-9H2,1-3H3,(H,17,19). The second-order valence-electron chi connectivity index (χ2n) is 14.3. The Morgan fingerprint density at radius 3 is 2.18 bits per heavy atom. The number of halogens is 4. The van der Waals surface area contributed by atoms with Crippen molar-refractivity contribution in [3.05, 3.63) is 65.7 Å². The summed E-state index contributed by atoms with van der Waals surface area (Å²) in [6, 6.07) is 18.5. The Bertz CT molecular complexity index is 1620. The molecule has 1 amide bonds. The zero-order valence-electron chi connectivity index (χ0n) is 30.5. The molecule has 51 heavy (non-hydrogen) atoms. The van der Waals surface area contributed by atoms with Crippen molar-refractivity contribution in [1.82, 2.24) is 15.1 Å². The van der Waals surface area contributed by atoms with Crippen LogP contribution in [0.3, 0.4) is 0 Å². The number of alkyl halides is 4. The first kappa shape index (κ1) is 40.1. The molecule has 2 N–H and O–H groups in total. The Labute approximate surface area is 299 Å². The minimum Gasteiger partial charge on any atom is -0.496 e. The second-order valence-corrected chi connectivity index (χ2v) is 14.3. The maximum atomic E-state index is 14.1. The molecule has 0 saturated carbocycles. The summed E-state index contributed by atoms with van der Waals surface area (Å²) in [5, 5.41) is 13.7. The number of carboxylic acid groups (broad SMARTS) is 1. The number of hydrogen-bond acceptors (Lipinski definition) is 5. The van der Waals surface area contributed by atoms with Crippen LogP contribution < -0.4 is 10.1 Å². The molecule has 1 atom stereocenters. The average Bonchev–Trinajstić information content (AvgIpc) is 3.08. The van der Waals surface area contributed by atoms with Gasteiger partial charge in [-0.2, -0.15) is 0 Å². The molecule has 2 heterocycles. The van der Waals surface area contributed by atoms with Crippen molar-refractivity contribution in [3.63, 3.8) is 0 Å². The molecule has 0 spiro atoms. The van der Waals surface area contributed by atoms with Crippen LogP contribution >= 0.6 is 0 Å². The minimum atomic E-state index is -3.07. The van der Waals surface area contributed by atoms with Crippen LogP contribution in [0.5, 0.6) is 5.75 Å². The van der Waals surface area contributed by atoms with Gasteiger partial charge in [-0.25, -0.2) is 17.6 Å². The van der Waals surface area contributed by atoms with Gasteiger partial charge in [0.25, 0.3) is 5.92 Å². The molecule has 0 aromatic heterocycles. The highest BCUT2D eigenvalue weighted by molar-refractivity contribution is 5.99. The predicted molar refractivity (Wildman–Crippen MR) is 194 cm³/mol. The van der Waals surface area contributed by atoms with Crippen LogP contribution in [0.2, 0.25) is 0 Å². The summed E-state index contributed by atoms with van der Waals surface area (Å²) in [5.74, 6) is -3.64. The van der Waals surface area contributed by atoms with Gasteiger partial charge in [0.15, 0.2) is 0 Å². The number of nitrogens with one attached hydrogen (secondary N) is 1. The lowest BCUT2D eigenvalue weighted by atomic mass is 9.72. The van der Waals surface area contributed by atoms with Gasteiger partial charge in [-0.05, 0) is 99.5 Å². The topological polar surface area (TPSA) is 82.1 Å². The predicted octanol–water partition coefficient (Wildman–Crippen LogP) is 8.07. The first-order chi connectivity index (χ1) is 24.1. The summed E-state index contributed by atoms with van der Waals surface area (Å²) >= 11 is 0. The first-order valence-electron chi connectivity index (χ1n) is 17.9. The van der Waals surface area contributed by atoms with Gasteiger partial charge in [0.1, 0.15) is 23.0 Å². The van der Waals surface area contributed by atoms with Crippen molar-refractivity contribution in [2.45, 2.75) is 90.5 Å². The SMILES string of the molecule is CCNC(=O)C1(C(C)(F)F)CCN(CC(C)F)CC1.COc1cc(CN2CCC(C)(F)CC2)ccc1-c1cccc2c(CCC(=O)O)cccc12. The second kappa shape index (κ2) is 17.2. The molecule has 0 aliphatic carbocycles. The largest absolute Gasteiger partial charge is 0.496 e. The molecule has 0 bridgehead atoms. The third-order valence-corrected chi connectivity index (χ3v) is 10.3. The summed E-state index contributed by atoms with van der Waals surface area (Å²) in [7, 11) is 1.68. The van der Waals surface area contributed by atoms with Crippen LogP contribution in [0.4, 0.5) is 17.6 Å². The molecule has 1 unspecified atom stereocenters. The van der Waals surface area contributed by atoms with E-state index in [4.69, 9.17) is 9.84 Å². The monoisotopic (exact) mass is 715 g/mol. The maximum Gasteiger partial charge on any atom is 0.303 e. The summed E-state index contributed by atoms with van der Waals surface area (Å²) in [6.07, 6.45) is 0.896. The van der Waals surface area contributed by atoms with E-state index < -0.39 is 35.1 Å². The Hall–Kier alpha value is -3.70. The molecule has 2 aliphatic heterocycles. The molecule has 2 saturated heterocycles. The molecule has 2 fully saturated rings. The number of hydrogen-bond donors (Lipinski definition) is 2. The van der Waals surface area contributed by atoms with Gasteiger partial charge >= 0.3 is 5.97 Å². The van der Waals surface area contributed by atoms with Gasteiger partial charge in [-0.1, -0.05) is 48.5 Å². The maximum absolute atomic E-state index is 14.1. The van der Waals surface area contributed by atoms with Crippen LogP contribution in [-0.4, -0.2) is 90.9 Å². The fourth-order valence-corrected chi connectivity index (χ4v) is 7.23. The van der Waals surface area contributed by atoms with Gasteiger partial charge in [0.2, 0.25) is 5.91 Å². The molecule has 3 aromatic rings. The highest BCUT2D eigenvalue weighted by Crippen LogP contribution is 2.45. The van der Waals surface area contributed by atoms with E-state index in [0.717, 1.165) is 65.3 Å². The number of carbonyl (C=O) groups is 2. The first-order valence-corrected chi connectivity index (χ1v) is 17.9. The number of nitrogens with zero attached hydrogens (tertiary/aromatic N) is 2. The van der Waals surface area contributed by atoms with Crippen LogP contribution in [0.1, 0.15) is 70.9 Å². The molecule has 0 radical (unpaired) electrons. The third kappa shape index (κ3) is 10.2. The Kier molecular flexibility index (Phi) is 13.5. The zero-order chi connectivity index (χ0) is 37.4. The normalized spacial score (nSPS) is 18.4. The lowest BCUT2D eigenvalue weighted by molar-refractivity contribution is -0.167. The van der Waals surface area contributed by atoms with Crippen molar-refractivity contribution in [2.24, 2.45) is 5.41 Å². The van der Waals surface area contributed by atoms with Crippen molar-refractivity contribution in [2.75, 3.05) is 46.4 Å². The van der Waals surface area contributed by atoms with Crippen LogP contribution in [0, 0.1) is 5.41 Å². The Morgan fingerprint density at radius 1 is 0.961 bits per heavy atom. The number of carbonyl (C=O) groups excluding carboxylic acids is 1. The summed E-state index contributed by atoms with van der Waals surface area (Å²) in [6.45, 7) is 9.18. The van der Waals surface area contributed by atoms with E-state index >= 15 is 0 Å². The van der Waals surface area contributed by atoms with Crippen molar-refractivity contribution >= 4 is 22.6 Å². The Balaban J connectivity index is 0.000000263. The molecular weight excluding hydrogens is 662 g/mol. The number of likely N-dealkylation sites (tertiary alicyclic amines) is 2. The number of carboxylic acids is 1. The molecule has 2 aliphatic rings. The number of amides is 1. The average molecular weight is 716 g/mol. The minimum absolute atomic E-state index is 0.0645. The number of aryl methyl sites for hydroxylation is 1. The molecule has 7 nitrogen and oxygen atoms in total. The van der Waals surface area contributed by atoms with E-state index in [-0.39, 0.29) is 25.8 Å². The number of methoxy groups -OCH3 is 1. The van der Waals surface area contributed by atoms with Gasteiger partial charge < -0.3 is 20.1 Å². The van der Waals surface area contributed by atoms with Crippen molar-refractivity contribution in [3.8, 4) is 16.9 Å². The van der Waals surface area contributed by atoms with Gasteiger partial charge in [0.05, 0.1) is 7.11 Å². The number of ether oxygens (including phenoxy) is 1. The summed E-state index contributed by atoms with van der Waals surface area (Å²) < 4.78 is 60.5. The highest BCUT2D eigenvalue weighted by Gasteiger charge is 2.56. The van der Waals surface area contributed by atoms with Crippen molar-refractivity contribution in [1.29, 1.82) is 0 Å². The molecule has 280 valence electrons. The highest BCUT2D eigenvalue weighted by atomic mass is 19.3. The van der Waals surface area contributed by atoms with Gasteiger partial charge in [-0.15, -0.1) is 0 Å². The molecule has 3 aromatic carbocycles. The lowest BCUT2D eigenvalue weighted by Gasteiger charge is -2.43. The number of benzene rings is 3. The van der Waals surface area contributed by atoms with Gasteiger partial charge in [0, 0.05) is 51.6 Å². The molecule has 5 rings (SSSR count). The Morgan fingerprint density at radius 2 is 1.59 bits per heavy atom. The lowest BCUT2D eigenvalue weighted by Crippen LogP contribution is -2.57. The van der Waals surface area contributed by atoms with E-state index in [2.05, 4.69) is 40.5 Å². The van der Waals surface area contributed by atoms with Crippen LogP contribution in [0.15, 0.2) is 54.6 Å². The fourth-order valence-electron chi connectivity index (χ4n) is 7.23. The fraction of sp³-hybridized carbons (Fsp3) is 0.550. The number of aliphatic carboxylic acids is 1. The molecular formula is C40H53F4N3O4. The van der Waals surface area contributed by atoms with E-state index in [9.17, 15) is 27.2 Å².